The Bertz CT molecular complexity index is 1380. The fourth-order valence-electron chi connectivity index (χ4n) is 4.87. The van der Waals surface area contributed by atoms with Crippen LogP contribution in [0.4, 0.5) is 17.1 Å². The van der Waals surface area contributed by atoms with Crippen LogP contribution in [0.25, 0.3) is 0 Å². The van der Waals surface area contributed by atoms with Gasteiger partial charge in [0.15, 0.2) is 5.17 Å². The van der Waals surface area contributed by atoms with Gasteiger partial charge >= 0.3 is 0 Å². The van der Waals surface area contributed by atoms with Crippen molar-refractivity contribution in [1.29, 1.82) is 0 Å². The summed E-state index contributed by atoms with van der Waals surface area (Å²) in [5.41, 5.74) is 5.59. The Labute approximate surface area is 234 Å². The molecule has 0 aromatic heterocycles. The molecule has 0 aliphatic carbocycles. The summed E-state index contributed by atoms with van der Waals surface area (Å²) in [6.45, 7) is 11.9. The number of benzene rings is 3. The van der Waals surface area contributed by atoms with Crippen LogP contribution < -0.4 is 9.80 Å². The molecular formula is C31H34N4OS2. The highest BCUT2D eigenvalue weighted by Gasteiger charge is 2.39. The summed E-state index contributed by atoms with van der Waals surface area (Å²) in [5, 5.41) is 1.76. The molecule has 5 rings (SSSR count). The van der Waals surface area contributed by atoms with Crippen LogP contribution in [0.3, 0.4) is 0 Å². The van der Waals surface area contributed by atoms with E-state index in [9.17, 15) is 4.79 Å². The van der Waals surface area contributed by atoms with Gasteiger partial charge in [-0.2, -0.15) is 0 Å². The van der Waals surface area contributed by atoms with E-state index in [1.165, 1.54) is 33.6 Å². The average Bonchev–Trinajstić information content (AvgIpc) is 3.46. The SMILES string of the molecule is CCN(CC)c1ccc(N=C2SC(=C3Sc4ccccc4N3CC)C(=O)N2CCc2ccccc2)c(C)c1. The summed E-state index contributed by atoms with van der Waals surface area (Å²) in [6, 6.07) is 25.1. The number of para-hydroxylation sites is 1. The Morgan fingerprint density at radius 3 is 2.32 bits per heavy atom. The van der Waals surface area contributed by atoms with Crippen molar-refractivity contribution in [3.05, 3.63) is 93.9 Å². The molecule has 1 amide bonds. The molecule has 1 fully saturated rings. The van der Waals surface area contributed by atoms with Crippen LogP contribution in [-0.2, 0) is 11.2 Å². The third-order valence-corrected chi connectivity index (χ3v) is 9.35. The fourth-order valence-corrected chi connectivity index (χ4v) is 7.28. The predicted molar refractivity (Wildman–Crippen MR) is 164 cm³/mol. The molecule has 3 aromatic carbocycles. The van der Waals surface area contributed by atoms with Crippen molar-refractivity contribution >= 4 is 51.7 Å². The summed E-state index contributed by atoms with van der Waals surface area (Å²) < 4.78 is 0. The molecular weight excluding hydrogens is 509 g/mol. The van der Waals surface area contributed by atoms with Gasteiger partial charge in [0.25, 0.3) is 5.91 Å². The Balaban J connectivity index is 1.51. The maximum atomic E-state index is 14.0. The van der Waals surface area contributed by atoms with Crippen LogP contribution in [0.2, 0.25) is 0 Å². The molecule has 0 spiro atoms. The largest absolute Gasteiger partial charge is 0.372 e. The number of hydrogen-bond acceptors (Lipinski definition) is 6. The fraction of sp³-hybridized carbons (Fsp3) is 0.290. The number of thioether (sulfide) groups is 2. The number of anilines is 2. The van der Waals surface area contributed by atoms with Gasteiger partial charge in [0.05, 0.1) is 11.4 Å². The van der Waals surface area contributed by atoms with E-state index in [2.05, 4.69) is 92.1 Å². The highest BCUT2D eigenvalue weighted by atomic mass is 32.2. The van der Waals surface area contributed by atoms with Crippen molar-refractivity contribution < 1.29 is 4.79 Å². The van der Waals surface area contributed by atoms with Gasteiger partial charge in [0.2, 0.25) is 0 Å². The number of amidine groups is 1. The third kappa shape index (κ3) is 5.22. The number of carbonyl (C=O) groups is 1. The molecule has 38 heavy (non-hydrogen) atoms. The molecule has 0 saturated carbocycles. The molecule has 3 aromatic rings. The standard InChI is InChI=1S/C31H34N4OS2/c1-5-33(6-2)24-17-18-25(22(4)21-24)32-31-35(20-19-23-13-9-8-10-14-23)29(36)28(38-31)30-34(7-3)26-15-11-12-16-27(26)37-30/h8-18,21H,5-7,19-20H2,1-4H3. The van der Waals surface area contributed by atoms with E-state index in [0.717, 1.165) is 52.4 Å². The van der Waals surface area contributed by atoms with Crippen LogP contribution in [0.1, 0.15) is 31.9 Å². The number of carbonyl (C=O) groups excluding carboxylic acids is 1. The highest BCUT2D eigenvalue weighted by molar-refractivity contribution is 8.19. The van der Waals surface area contributed by atoms with Crippen LogP contribution in [-0.4, -0.2) is 42.2 Å². The van der Waals surface area contributed by atoms with Crippen molar-refractivity contribution in [2.75, 3.05) is 36.0 Å². The monoisotopic (exact) mass is 542 g/mol. The molecule has 0 bridgehead atoms. The van der Waals surface area contributed by atoms with Gasteiger partial charge in [-0.3, -0.25) is 9.69 Å². The van der Waals surface area contributed by atoms with Crippen LogP contribution in [0, 0.1) is 6.92 Å². The minimum atomic E-state index is 0.0378. The van der Waals surface area contributed by atoms with Gasteiger partial charge in [-0.05, 0) is 87.3 Å². The lowest BCUT2D eigenvalue weighted by atomic mass is 10.1. The van der Waals surface area contributed by atoms with Gasteiger partial charge in [-0.15, -0.1) is 0 Å². The Morgan fingerprint density at radius 1 is 0.868 bits per heavy atom. The van der Waals surface area contributed by atoms with Crippen LogP contribution >= 0.6 is 23.5 Å². The topological polar surface area (TPSA) is 39.1 Å². The zero-order valence-electron chi connectivity index (χ0n) is 22.5. The van der Waals surface area contributed by atoms with Crippen molar-refractivity contribution in [3.63, 3.8) is 0 Å². The summed E-state index contributed by atoms with van der Waals surface area (Å²) in [6.07, 6.45) is 0.777. The van der Waals surface area contributed by atoms with E-state index in [1.54, 1.807) is 11.8 Å². The molecule has 0 atom stereocenters. The zero-order chi connectivity index (χ0) is 26.6. The number of nitrogens with zero attached hydrogens (tertiary/aromatic N) is 4. The maximum absolute atomic E-state index is 14.0. The zero-order valence-corrected chi connectivity index (χ0v) is 24.1. The normalized spacial score (nSPS) is 18.0. The molecule has 2 aliphatic heterocycles. The molecule has 7 heteroatoms. The first kappa shape index (κ1) is 26.4. The molecule has 0 unspecified atom stereocenters. The summed E-state index contributed by atoms with van der Waals surface area (Å²) in [5.74, 6) is 0.0378. The van der Waals surface area contributed by atoms with E-state index in [1.807, 2.05) is 23.1 Å². The molecule has 0 N–H and O–H groups in total. The molecule has 5 nitrogen and oxygen atoms in total. The molecule has 1 saturated heterocycles. The molecule has 196 valence electrons. The first-order chi connectivity index (χ1) is 18.5. The van der Waals surface area contributed by atoms with Crippen molar-refractivity contribution in [2.45, 2.75) is 39.0 Å². The van der Waals surface area contributed by atoms with Gasteiger partial charge in [-0.1, -0.05) is 54.2 Å². The predicted octanol–water partition coefficient (Wildman–Crippen LogP) is 7.45. The number of hydrogen-bond donors (Lipinski definition) is 0. The lowest BCUT2D eigenvalue weighted by molar-refractivity contribution is -0.122. The first-order valence-electron chi connectivity index (χ1n) is 13.3. The lowest BCUT2D eigenvalue weighted by Gasteiger charge is -2.22. The number of amides is 1. The summed E-state index contributed by atoms with van der Waals surface area (Å²) >= 11 is 3.19. The van der Waals surface area contributed by atoms with Gasteiger partial charge in [0.1, 0.15) is 9.93 Å². The number of aliphatic imine (C=N–C) groups is 1. The smallest absolute Gasteiger partial charge is 0.269 e. The Kier molecular flexibility index (Phi) is 8.15. The van der Waals surface area contributed by atoms with Crippen molar-refractivity contribution in [3.8, 4) is 0 Å². The number of rotatable bonds is 8. The van der Waals surface area contributed by atoms with Crippen LogP contribution in [0.5, 0.6) is 0 Å². The Morgan fingerprint density at radius 2 is 1.61 bits per heavy atom. The minimum absolute atomic E-state index is 0.0378. The Hall–Kier alpha value is -3.16. The van der Waals surface area contributed by atoms with E-state index in [4.69, 9.17) is 4.99 Å². The van der Waals surface area contributed by atoms with Gasteiger partial charge < -0.3 is 9.80 Å². The quantitative estimate of drug-likeness (QED) is 0.277. The van der Waals surface area contributed by atoms with Crippen LogP contribution in [0.15, 0.2) is 92.6 Å². The molecule has 2 aliphatic rings. The van der Waals surface area contributed by atoms with E-state index in [0.29, 0.717) is 6.54 Å². The number of fused-ring (bicyclic) bond motifs is 1. The second-order valence-electron chi connectivity index (χ2n) is 9.28. The van der Waals surface area contributed by atoms with Gasteiger partial charge in [-0.25, -0.2) is 4.99 Å². The van der Waals surface area contributed by atoms with E-state index in [-0.39, 0.29) is 5.91 Å². The second-order valence-corrected chi connectivity index (χ2v) is 11.3. The van der Waals surface area contributed by atoms with Crippen molar-refractivity contribution in [2.24, 2.45) is 4.99 Å². The molecule has 2 heterocycles. The van der Waals surface area contributed by atoms with E-state index >= 15 is 0 Å². The molecule has 0 radical (unpaired) electrons. The third-order valence-electron chi connectivity index (χ3n) is 6.97. The van der Waals surface area contributed by atoms with Gasteiger partial charge in [0, 0.05) is 36.8 Å². The first-order valence-corrected chi connectivity index (χ1v) is 14.9. The highest BCUT2D eigenvalue weighted by Crippen LogP contribution is 2.50. The van der Waals surface area contributed by atoms with E-state index < -0.39 is 0 Å². The maximum Gasteiger partial charge on any atom is 0.269 e. The lowest BCUT2D eigenvalue weighted by Crippen LogP contribution is -2.32. The summed E-state index contributed by atoms with van der Waals surface area (Å²) in [7, 11) is 0. The number of aryl methyl sites for hydroxylation is 1. The second kappa shape index (κ2) is 11.7. The average molecular weight is 543 g/mol. The minimum Gasteiger partial charge on any atom is -0.372 e. The summed E-state index contributed by atoms with van der Waals surface area (Å²) in [4.78, 5) is 27.4. The van der Waals surface area contributed by atoms with Crippen molar-refractivity contribution in [1.82, 2.24) is 4.90 Å².